The molecule has 1 aromatic heterocycles. The lowest BCUT2D eigenvalue weighted by Crippen LogP contribution is -2.46. The molecule has 7 heteroatoms. The SMILES string of the molecule is C=CCOc1cccnc1C(=O)NCC(C)(O)C(=O)O. The van der Waals surface area contributed by atoms with Crippen molar-refractivity contribution in [3.05, 3.63) is 36.7 Å². The van der Waals surface area contributed by atoms with Gasteiger partial charge in [0.15, 0.2) is 17.0 Å². The maximum atomic E-state index is 11.9. The molecule has 0 radical (unpaired) electrons. The van der Waals surface area contributed by atoms with Crippen LogP contribution in [0, 0.1) is 0 Å². The van der Waals surface area contributed by atoms with Gasteiger partial charge in [-0.25, -0.2) is 9.78 Å². The third kappa shape index (κ3) is 4.06. The molecule has 0 aliphatic heterocycles. The third-order valence-corrected chi connectivity index (χ3v) is 2.40. The van der Waals surface area contributed by atoms with Crippen LogP contribution in [0.2, 0.25) is 0 Å². The molecular formula is C13H16N2O5. The average molecular weight is 280 g/mol. The minimum atomic E-state index is -2.05. The molecule has 1 amide bonds. The molecule has 20 heavy (non-hydrogen) atoms. The Hall–Kier alpha value is -2.41. The van der Waals surface area contributed by atoms with Crippen LogP contribution in [0.3, 0.4) is 0 Å². The molecule has 1 unspecified atom stereocenters. The second-order valence-electron chi connectivity index (χ2n) is 4.21. The number of pyridine rings is 1. The van der Waals surface area contributed by atoms with Gasteiger partial charge in [-0.2, -0.15) is 0 Å². The molecule has 0 spiro atoms. The Balaban J connectivity index is 2.77. The van der Waals surface area contributed by atoms with Crippen LogP contribution >= 0.6 is 0 Å². The van der Waals surface area contributed by atoms with E-state index in [0.717, 1.165) is 6.92 Å². The number of carbonyl (C=O) groups excluding carboxylic acids is 1. The zero-order chi connectivity index (χ0) is 15.2. The number of carboxylic acid groups (broad SMARTS) is 1. The van der Waals surface area contributed by atoms with E-state index in [0.29, 0.717) is 0 Å². The molecule has 1 aromatic rings. The molecule has 0 fully saturated rings. The van der Waals surface area contributed by atoms with Gasteiger partial charge >= 0.3 is 5.97 Å². The quantitative estimate of drug-likeness (QED) is 0.616. The first-order valence-electron chi connectivity index (χ1n) is 5.81. The topological polar surface area (TPSA) is 109 Å². The minimum Gasteiger partial charge on any atom is -0.487 e. The van der Waals surface area contributed by atoms with Crippen molar-refractivity contribution in [2.45, 2.75) is 12.5 Å². The lowest BCUT2D eigenvalue weighted by Gasteiger charge is -2.18. The molecule has 108 valence electrons. The summed E-state index contributed by atoms with van der Waals surface area (Å²) in [7, 11) is 0. The zero-order valence-electron chi connectivity index (χ0n) is 11.0. The molecule has 7 nitrogen and oxygen atoms in total. The average Bonchev–Trinajstić information content (AvgIpc) is 2.42. The monoisotopic (exact) mass is 280 g/mol. The summed E-state index contributed by atoms with van der Waals surface area (Å²) in [6.45, 7) is 4.34. The first-order chi connectivity index (χ1) is 9.38. The summed E-state index contributed by atoms with van der Waals surface area (Å²) < 4.78 is 5.27. The van der Waals surface area contributed by atoms with Crippen LogP contribution in [0.4, 0.5) is 0 Å². The smallest absolute Gasteiger partial charge is 0.337 e. The van der Waals surface area contributed by atoms with Gasteiger partial charge in [-0.15, -0.1) is 0 Å². The number of ether oxygens (including phenoxy) is 1. The van der Waals surface area contributed by atoms with Crippen molar-refractivity contribution in [2.24, 2.45) is 0 Å². The Morgan fingerprint density at radius 2 is 2.30 bits per heavy atom. The molecule has 1 atom stereocenters. The van der Waals surface area contributed by atoms with E-state index in [4.69, 9.17) is 9.84 Å². The van der Waals surface area contributed by atoms with Crippen LogP contribution in [0.25, 0.3) is 0 Å². The zero-order valence-corrected chi connectivity index (χ0v) is 11.0. The van der Waals surface area contributed by atoms with Gasteiger partial charge in [0.05, 0.1) is 6.54 Å². The Labute approximate surface area is 115 Å². The summed E-state index contributed by atoms with van der Waals surface area (Å²) in [5, 5.41) is 20.6. The van der Waals surface area contributed by atoms with Crippen LogP contribution in [0.15, 0.2) is 31.0 Å². The summed E-state index contributed by atoms with van der Waals surface area (Å²) >= 11 is 0. The number of aliphatic carboxylic acids is 1. The molecule has 0 aliphatic carbocycles. The summed E-state index contributed by atoms with van der Waals surface area (Å²) in [5.41, 5.74) is -2.04. The van der Waals surface area contributed by atoms with Crippen molar-refractivity contribution in [3.63, 3.8) is 0 Å². The van der Waals surface area contributed by atoms with E-state index in [1.807, 2.05) is 0 Å². The van der Waals surface area contributed by atoms with Gasteiger partial charge in [0.1, 0.15) is 6.61 Å². The number of carbonyl (C=O) groups is 2. The molecular weight excluding hydrogens is 264 g/mol. The Morgan fingerprint density at radius 1 is 1.60 bits per heavy atom. The van der Waals surface area contributed by atoms with Crippen LogP contribution in [0.5, 0.6) is 5.75 Å². The number of nitrogens with one attached hydrogen (secondary N) is 1. The van der Waals surface area contributed by atoms with Crippen molar-refractivity contribution < 1.29 is 24.5 Å². The molecule has 0 aliphatic rings. The molecule has 0 bridgehead atoms. The fourth-order valence-corrected chi connectivity index (χ4v) is 1.24. The van der Waals surface area contributed by atoms with Gasteiger partial charge in [-0.05, 0) is 19.1 Å². The highest BCUT2D eigenvalue weighted by Gasteiger charge is 2.30. The van der Waals surface area contributed by atoms with Gasteiger partial charge in [-0.1, -0.05) is 12.7 Å². The molecule has 1 heterocycles. The number of amides is 1. The normalized spacial score (nSPS) is 13.1. The summed E-state index contributed by atoms with van der Waals surface area (Å²) in [4.78, 5) is 26.5. The molecule has 0 saturated heterocycles. The fourth-order valence-electron chi connectivity index (χ4n) is 1.24. The summed E-state index contributed by atoms with van der Waals surface area (Å²) in [6, 6.07) is 3.16. The van der Waals surface area contributed by atoms with E-state index >= 15 is 0 Å². The van der Waals surface area contributed by atoms with Crippen molar-refractivity contribution in [1.82, 2.24) is 10.3 Å². The Bertz CT molecular complexity index is 513. The predicted octanol–water partition coefficient (Wildman–Crippen LogP) is 0.212. The van der Waals surface area contributed by atoms with Crippen LogP contribution < -0.4 is 10.1 Å². The van der Waals surface area contributed by atoms with Crippen LogP contribution in [-0.4, -0.2) is 45.8 Å². The Morgan fingerprint density at radius 3 is 2.90 bits per heavy atom. The van der Waals surface area contributed by atoms with Gasteiger partial charge in [-0.3, -0.25) is 4.79 Å². The predicted molar refractivity (Wildman–Crippen MR) is 70.5 cm³/mol. The maximum absolute atomic E-state index is 11.9. The standard InChI is InChI=1S/C13H16N2O5/c1-3-7-20-9-5-4-6-14-10(9)11(16)15-8-13(2,19)12(17)18/h3-6,19H,1,7-8H2,2H3,(H,15,16)(H,17,18). The number of hydrogen-bond acceptors (Lipinski definition) is 5. The van der Waals surface area contributed by atoms with Crippen molar-refractivity contribution >= 4 is 11.9 Å². The highest BCUT2D eigenvalue weighted by Crippen LogP contribution is 2.15. The lowest BCUT2D eigenvalue weighted by molar-refractivity contribution is -0.155. The largest absolute Gasteiger partial charge is 0.487 e. The van der Waals surface area contributed by atoms with E-state index in [1.165, 1.54) is 12.3 Å². The number of aromatic nitrogens is 1. The number of nitrogens with zero attached hydrogens (tertiary/aromatic N) is 1. The number of aliphatic hydroxyl groups is 1. The van der Waals surface area contributed by atoms with Crippen LogP contribution in [0.1, 0.15) is 17.4 Å². The van der Waals surface area contributed by atoms with Gasteiger partial charge in [0.25, 0.3) is 5.91 Å². The summed E-state index contributed by atoms with van der Waals surface area (Å²) in [6.07, 6.45) is 2.93. The van der Waals surface area contributed by atoms with E-state index in [9.17, 15) is 14.7 Å². The second kappa shape index (κ2) is 6.67. The van der Waals surface area contributed by atoms with Crippen molar-refractivity contribution in [1.29, 1.82) is 0 Å². The van der Waals surface area contributed by atoms with E-state index in [-0.39, 0.29) is 18.1 Å². The van der Waals surface area contributed by atoms with Crippen LogP contribution in [-0.2, 0) is 4.79 Å². The highest BCUT2D eigenvalue weighted by molar-refractivity contribution is 5.95. The minimum absolute atomic E-state index is 0.00976. The first kappa shape index (κ1) is 15.6. The highest BCUT2D eigenvalue weighted by atomic mass is 16.5. The number of hydrogen-bond donors (Lipinski definition) is 3. The Kier molecular flexibility index (Phi) is 5.22. The molecule has 1 rings (SSSR count). The first-order valence-corrected chi connectivity index (χ1v) is 5.81. The molecule has 3 N–H and O–H groups in total. The van der Waals surface area contributed by atoms with E-state index in [2.05, 4.69) is 16.9 Å². The fraction of sp³-hybridized carbons (Fsp3) is 0.308. The van der Waals surface area contributed by atoms with E-state index in [1.54, 1.807) is 12.1 Å². The molecule has 0 saturated carbocycles. The number of carboxylic acids is 1. The van der Waals surface area contributed by atoms with Crippen molar-refractivity contribution in [3.8, 4) is 5.75 Å². The van der Waals surface area contributed by atoms with Gasteiger partial charge in [0.2, 0.25) is 0 Å². The van der Waals surface area contributed by atoms with Crippen molar-refractivity contribution in [2.75, 3.05) is 13.2 Å². The summed E-state index contributed by atoms with van der Waals surface area (Å²) in [5.74, 6) is -1.81. The second-order valence-corrected chi connectivity index (χ2v) is 4.21. The van der Waals surface area contributed by atoms with E-state index < -0.39 is 24.0 Å². The lowest BCUT2D eigenvalue weighted by atomic mass is 10.1. The molecule has 0 aromatic carbocycles. The number of rotatable bonds is 7. The third-order valence-electron chi connectivity index (χ3n) is 2.40. The maximum Gasteiger partial charge on any atom is 0.337 e. The van der Waals surface area contributed by atoms with Gasteiger partial charge < -0.3 is 20.3 Å². The van der Waals surface area contributed by atoms with Gasteiger partial charge in [0, 0.05) is 6.20 Å².